The fourth-order valence-electron chi connectivity index (χ4n) is 0.647. The van der Waals surface area contributed by atoms with Crippen LogP contribution in [0.3, 0.4) is 0 Å². The van der Waals surface area contributed by atoms with Gasteiger partial charge in [0.2, 0.25) is 0 Å². The van der Waals surface area contributed by atoms with Crippen molar-refractivity contribution < 1.29 is 9.90 Å². The van der Waals surface area contributed by atoms with Gasteiger partial charge in [0.1, 0.15) is 5.78 Å². The molecule has 0 spiro atoms. The SMILES string of the molecule is CC/C=C(/C)O.CCCC(C)=O. The van der Waals surface area contributed by atoms with E-state index in [1.807, 2.05) is 13.8 Å². The standard InChI is InChI=1S/2C5H10O/c2*1-3-4-5(2)6/h3-4H2,1-2H3;4,6H,3H2,1-2H3/b;5-4-. The molecule has 1 N–H and O–H groups in total. The quantitative estimate of drug-likeness (QED) is 0.663. The lowest BCUT2D eigenvalue weighted by atomic mass is 10.3. The molecule has 2 heteroatoms. The van der Waals surface area contributed by atoms with E-state index in [0.717, 1.165) is 19.3 Å². The van der Waals surface area contributed by atoms with Crippen LogP contribution >= 0.6 is 0 Å². The molecule has 0 aliphatic carbocycles. The molecule has 0 aliphatic heterocycles. The van der Waals surface area contributed by atoms with E-state index >= 15 is 0 Å². The smallest absolute Gasteiger partial charge is 0.129 e. The Kier molecular flexibility index (Phi) is 11.7. The van der Waals surface area contributed by atoms with Gasteiger partial charge in [-0.15, -0.1) is 0 Å². The molecule has 0 heterocycles. The fourth-order valence-corrected chi connectivity index (χ4v) is 0.647. The van der Waals surface area contributed by atoms with E-state index in [9.17, 15) is 4.79 Å². The van der Waals surface area contributed by atoms with Crippen LogP contribution in [0.1, 0.15) is 47.0 Å². The van der Waals surface area contributed by atoms with Crippen molar-refractivity contribution in [2.45, 2.75) is 47.0 Å². The molecule has 0 unspecified atom stereocenters. The van der Waals surface area contributed by atoms with Crippen molar-refractivity contribution in [1.82, 2.24) is 0 Å². The summed E-state index contributed by atoms with van der Waals surface area (Å²) in [4.78, 5) is 10.0. The predicted octanol–water partition coefficient (Wildman–Crippen LogP) is 3.23. The second-order valence-corrected chi connectivity index (χ2v) is 2.71. The van der Waals surface area contributed by atoms with Crippen molar-refractivity contribution in [2.75, 3.05) is 0 Å². The minimum Gasteiger partial charge on any atom is -0.513 e. The summed E-state index contributed by atoms with van der Waals surface area (Å²) in [5.41, 5.74) is 0. The Hall–Kier alpha value is -0.790. The Morgan fingerprint density at radius 3 is 1.83 bits per heavy atom. The maximum absolute atomic E-state index is 10.0. The van der Waals surface area contributed by atoms with E-state index < -0.39 is 0 Å². The highest BCUT2D eigenvalue weighted by molar-refractivity contribution is 5.75. The first-order chi connectivity index (χ1) is 5.54. The van der Waals surface area contributed by atoms with E-state index in [1.165, 1.54) is 0 Å². The molecule has 0 bridgehead atoms. The lowest BCUT2D eigenvalue weighted by Gasteiger charge is -1.80. The van der Waals surface area contributed by atoms with Crippen molar-refractivity contribution in [3.05, 3.63) is 11.8 Å². The summed E-state index contributed by atoms with van der Waals surface area (Å²) in [6.45, 7) is 7.27. The number of carbonyl (C=O) groups is 1. The zero-order chi connectivity index (χ0) is 9.98. The van der Waals surface area contributed by atoms with Gasteiger partial charge < -0.3 is 9.90 Å². The number of rotatable bonds is 3. The topological polar surface area (TPSA) is 37.3 Å². The van der Waals surface area contributed by atoms with Gasteiger partial charge in [-0.05, 0) is 32.8 Å². The van der Waals surface area contributed by atoms with Gasteiger partial charge >= 0.3 is 0 Å². The molecule has 0 atom stereocenters. The molecular weight excluding hydrogens is 152 g/mol. The number of aliphatic hydroxyl groups excluding tert-OH is 1. The van der Waals surface area contributed by atoms with Crippen molar-refractivity contribution >= 4 is 5.78 Å². The number of ketones is 1. The average molecular weight is 172 g/mol. The number of allylic oxidation sites excluding steroid dienone is 2. The molecule has 0 saturated carbocycles. The Morgan fingerprint density at radius 1 is 1.33 bits per heavy atom. The molecule has 0 rings (SSSR count). The maximum atomic E-state index is 10.0. The Morgan fingerprint density at radius 2 is 1.83 bits per heavy atom. The maximum Gasteiger partial charge on any atom is 0.129 e. The van der Waals surface area contributed by atoms with Crippen molar-refractivity contribution in [3.63, 3.8) is 0 Å². The summed E-state index contributed by atoms with van der Waals surface area (Å²) in [7, 11) is 0. The molecule has 12 heavy (non-hydrogen) atoms. The largest absolute Gasteiger partial charge is 0.513 e. The van der Waals surface area contributed by atoms with E-state index in [4.69, 9.17) is 5.11 Å². The van der Waals surface area contributed by atoms with Gasteiger partial charge in [-0.2, -0.15) is 0 Å². The summed E-state index contributed by atoms with van der Waals surface area (Å²) >= 11 is 0. The zero-order valence-corrected chi connectivity index (χ0v) is 8.55. The second kappa shape index (κ2) is 10.2. The highest BCUT2D eigenvalue weighted by Crippen LogP contribution is 1.85. The minimum absolute atomic E-state index is 0.289. The Bertz CT molecular complexity index is 133. The van der Waals surface area contributed by atoms with Crippen LogP contribution in [0.4, 0.5) is 0 Å². The van der Waals surface area contributed by atoms with Gasteiger partial charge in [-0.3, -0.25) is 0 Å². The zero-order valence-electron chi connectivity index (χ0n) is 8.55. The fraction of sp³-hybridized carbons (Fsp3) is 0.700. The van der Waals surface area contributed by atoms with E-state index in [-0.39, 0.29) is 5.78 Å². The predicted molar refractivity (Wildman–Crippen MR) is 52.3 cm³/mol. The summed E-state index contributed by atoms with van der Waals surface area (Å²) in [6, 6.07) is 0. The third-order valence-electron chi connectivity index (χ3n) is 1.10. The summed E-state index contributed by atoms with van der Waals surface area (Å²) in [6.07, 6.45) is 4.40. The molecular formula is C10H20O2. The highest BCUT2D eigenvalue weighted by atomic mass is 16.3. The van der Waals surface area contributed by atoms with E-state index in [2.05, 4.69) is 0 Å². The number of hydrogen-bond donors (Lipinski definition) is 1. The van der Waals surface area contributed by atoms with Gasteiger partial charge in [-0.25, -0.2) is 0 Å². The van der Waals surface area contributed by atoms with Gasteiger partial charge in [-0.1, -0.05) is 13.8 Å². The van der Waals surface area contributed by atoms with Crippen LogP contribution in [-0.2, 0) is 4.79 Å². The molecule has 0 aromatic heterocycles. The summed E-state index contributed by atoms with van der Waals surface area (Å²) in [5, 5.41) is 8.41. The molecule has 72 valence electrons. The molecule has 0 aromatic rings. The van der Waals surface area contributed by atoms with Gasteiger partial charge in [0.25, 0.3) is 0 Å². The van der Waals surface area contributed by atoms with E-state index in [1.54, 1.807) is 19.9 Å². The van der Waals surface area contributed by atoms with Crippen LogP contribution in [0, 0.1) is 0 Å². The van der Waals surface area contributed by atoms with Crippen LogP contribution in [-0.4, -0.2) is 10.9 Å². The minimum atomic E-state index is 0.289. The van der Waals surface area contributed by atoms with Crippen molar-refractivity contribution in [2.24, 2.45) is 0 Å². The Labute approximate surface area is 75.3 Å². The second-order valence-electron chi connectivity index (χ2n) is 2.71. The molecule has 0 radical (unpaired) electrons. The van der Waals surface area contributed by atoms with Crippen LogP contribution < -0.4 is 0 Å². The number of Topliss-reactive ketones (excluding diaryl/α,β-unsaturated/α-hetero) is 1. The molecule has 0 aliphatic rings. The summed E-state index contributed by atoms with van der Waals surface area (Å²) < 4.78 is 0. The highest BCUT2D eigenvalue weighted by Gasteiger charge is 1.83. The van der Waals surface area contributed by atoms with Crippen LogP contribution in [0.25, 0.3) is 0 Å². The van der Waals surface area contributed by atoms with Gasteiger partial charge in [0, 0.05) is 6.42 Å². The monoisotopic (exact) mass is 172 g/mol. The number of hydrogen-bond acceptors (Lipinski definition) is 2. The third kappa shape index (κ3) is 22.9. The molecule has 2 nitrogen and oxygen atoms in total. The number of carbonyl (C=O) groups excluding carboxylic acids is 1. The average Bonchev–Trinajstić information content (AvgIpc) is 1.87. The van der Waals surface area contributed by atoms with Crippen molar-refractivity contribution in [3.8, 4) is 0 Å². The first kappa shape index (κ1) is 13.8. The van der Waals surface area contributed by atoms with Crippen LogP contribution in [0.15, 0.2) is 11.8 Å². The molecule has 0 aromatic carbocycles. The number of aliphatic hydroxyl groups is 1. The first-order valence-corrected chi connectivity index (χ1v) is 4.39. The third-order valence-corrected chi connectivity index (χ3v) is 1.10. The van der Waals surface area contributed by atoms with Gasteiger partial charge in [0.05, 0.1) is 5.76 Å². The van der Waals surface area contributed by atoms with Crippen molar-refractivity contribution in [1.29, 1.82) is 0 Å². The first-order valence-electron chi connectivity index (χ1n) is 4.39. The van der Waals surface area contributed by atoms with Crippen LogP contribution in [0.2, 0.25) is 0 Å². The van der Waals surface area contributed by atoms with Crippen LogP contribution in [0.5, 0.6) is 0 Å². The summed E-state index contributed by atoms with van der Waals surface area (Å²) in [5.74, 6) is 0.704. The lowest BCUT2D eigenvalue weighted by Crippen LogP contribution is -1.84. The lowest BCUT2D eigenvalue weighted by molar-refractivity contribution is -0.117. The Balaban J connectivity index is 0. The normalized spacial score (nSPS) is 10.2. The molecule has 0 amide bonds. The molecule has 0 saturated heterocycles. The van der Waals surface area contributed by atoms with E-state index in [0.29, 0.717) is 5.76 Å². The van der Waals surface area contributed by atoms with Gasteiger partial charge in [0.15, 0.2) is 0 Å². The molecule has 0 fully saturated rings.